The lowest BCUT2D eigenvalue weighted by Gasteiger charge is -2.33. The van der Waals surface area contributed by atoms with Gasteiger partial charge in [-0.05, 0) is 12.5 Å². The quantitative estimate of drug-likeness (QED) is 0.874. The molecule has 1 aromatic heterocycles. The largest absolute Gasteiger partial charge is 0.387 e. The van der Waals surface area contributed by atoms with Crippen LogP contribution in [0.3, 0.4) is 0 Å². The Hall–Kier alpha value is -0.900. The molecule has 3 nitrogen and oxygen atoms in total. The summed E-state index contributed by atoms with van der Waals surface area (Å²) in [6, 6.07) is 2.18. The molecule has 1 saturated heterocycles. The van der Waals surface area contributed by atoms with Crippen LogP contribution in [-0.4, -0.2) is 36.1 Å². The zero-order chi connectivity index (χ0) is 11.4. The number of pyridine rings is 1. The molecule has 2 rings (SSSR count). The van der Waals surface area contributed by atoms with Crippen molar-refractivity contribution >= 4 is 23.1 Å². The minimum atomic E-state index is 0.770. The lowest BCUT2D eigenvalue weighted by Crippen LogP contribution is -2.37. The van der Waals surface area contributed by atoms with Crippen molar-refractivity contribution < 1.29 is 0 Å². The molecule has 0 bridgehead atoms. The van der Waals surface area contributed by atoms with Crippen LogP contribution in [0.5, 0.6) is 0 Å². The van der Waals surface area contributed by atoms with E-state index in [-0.39, 0.29) is 0 Å². The Labute approximate surface area is 102 Å². The monoisotopic (exact) mass is 237 g/mol. The van der Waals surface area contributed by atoms with Crippen LogP contribution >= 0.6 is 11.8 Å². The molecule has 0 amide bonds. The number of anilines is 2. The molecule has 1 atom stereocenters. The van der Waals surface area contributed by atoms with Crippen LogP contribution in [-0.2, 0) is 0 Å². The molecule has 1 unspecified atom stereocenters. The van der Waals surface area contributed by atoms with Gasteiger partial charge in [-0.2, -0.15) is 11.8 Å². The van der Waals surface area contributed by atoms with E-state index in [4.69, 9.17) is 0 Å². The number of thioether (sulfide) groups is 1. The average molecular weight is 237 g/mol. The van der Waals surface area contributed by atoms with Crippen LogP contribution in [0.1, 0.15) is 13.3 Å². The first-order valence-corrected chi connectivity index (χ1v) is 6.87. The molecular weight excluding hydrogens is 218 g/mol. The Morgan fingerprint density at radius 1 is 1.56 bits per heavy atom. The van der Waals surface area contributed by atoms with E-state index in [1.807, 2.05) is 19.4 Å². The number of hydrogen-bond acceptors (Lipinski definition) is 4. The van der Waals surface area contributed by atoms with Crippen molar-refractivity contribution in [3.05, 3.63) is 18.5 Å². The number of hydrogen-bond donors (Lipinski definition) is 1. The highest BCUT2D eigenvalue weighted by atomic mass is 32.2. The number of rotatable bonds is 3. The van der Waals surface area contributed by atoms with Crippen LogP contribution in [0.4, 0.5) is 11.4 Å². The molecule has 0 spiro atoms. The predicted molar refractivity (Wildman–Crippen MR) is 72.5 cm³/mol. The molecule has 0 radical (unpaired) electrons. The van der Waals surface area contributed by atoms with Gasteiger partial charge in [0.1, 0.15) is 0 Å². The first-order chi connectivity index (χ1) is 7.83. The Morgan fingerprint density at radius 3 is 3.19 bits per heavy atom. The van der Waals surface area contributed by atoms with E-state index in [0.29, 0.717) is 0 Å². The molecule has 16 heavy (non-hydrogen) atoms. The van der Waals surface area contributed by atoms with Crippen molar-refractivity contribution in [1.82, 2.24) is 4.98 Å². The van der Waals surface area contributed by atoms with E-state index in [0.717, 1.165) is 24.0 Å². The maximum Gasteiger partial charge on any atom is 0.0574 e. The van der Waals surface area contributed by atoms with Gasteiger partial charge in [-0.1, -0.05) is 6.92 Å². The van der Waals surface area contributed by atoms with Crippen molar-refractivity contribution in [2.24, 2.45) is 0 Å². The topological polar surface area (TPSA) is 28.2 Å². The summed E-state index contributed by atoms with van der Waals surface area (Å²) in [7, 11) is 1.93. The van der Waals surface area contributed by atoms with Gasteiger partial charge >= 0.3 is 0 Å². The van der Waals surface area contributed by atoms with Gasteiger partial charge in [0.25, 0.3) is 0 Å². The van der Waals surface area contributed by atoms with E-state index in [1.165, 1.54) is 17.9 Å². The minimum absolute atomic E-state index is 0.770. The Morgan fingerprint density at radius 2 is 2.44 bits per heavy atom. The zero-order valence-electron chi connectivity index (χ0n) is 9.94. The van der Waals surface area contributed by atoms with Gasteiger partial charge in [-0.25, -0.2) is 0 Å². The Kier molecular flexibility index (Phi) is 3.93. The van der Waals surface area contributed by atoms with Crippen molar-refractivity contribution in [2.45, 2.75) is 18.6 Å². The van der Waals surface area contributed by atoms with E-state index in [9.17, 15) is 0 Å². The summed E-state index contributed by atoms with van der Waals surface area (Å²) in [5.41, 5.74) is 2.33. The summed E-state index contributed by atoms with van der Waals surface area (Å²) >= 11 is 2.09. The molecule has 1 N–H and O–H groups in total. The molecule has 88 valence electrons. The highest BCUT2D eigenvalue weighted by Crippen LogP contribution is 2.26. The maximum atomic E-state index is 4.27. The summed E-state index contributed by atoms with van der Waals surface area (Å²) < 4.78 is 0. The van der Waals surface area contributed by atoms with Crippen molar-refractivity contribution in [2.75, 3.05) is 36.1 Å². The maximum absolute atomic E-state index is 4.27. The van der Waals surface area contributed by atoms with Gasteiger partial charge in [-0.3, -0.25) is 4.98 Å². The fourth-order valence-electron chi connectivity index (χ4n) is 1.94. The van der Waals surface area contributed by atoms with E-state index in [2.05, 4.69) is 40.0 Å². The highest BCUT2D eigenvalue weighted by molar-refractivity contribution is 8.00. The van der Waals surface area contributed by atoms with Gasteiger partial charge in [-0.15, -0.1) is 0 Å². The third-order valence-electron chi connectivity index (χ3n) is 2.97. The summed E-state index contributed by atoms with van der Waals surface area (Å²) in [6.07, 6.45) is 5.07. The Bertz CT molecular complexity index is 343. The fraction of sp³-hybridized carbons (Fsp3) is 0.583. The standard InChI is InChI=1S/C12H19N3S/c1-3-12-9-15(4-5-16-12)11-6-10(13-2)7-14-8-11/h6-8,12-13H,3-5,9H2,1-2H3. The summed E-state index contributed by atoms with van der Waals surface area (Å²) in [4.78, 5) is 6.71. The summed E-state index contributed by atoms with van der Waals surface area (Å²) in [6.45, 7) is 4.55. The van der Waals surface area contributed by atoms with Gasteiger partial charge in [0.15, 0.2) is 0 Å². The van der Waals surface area contributed by atoms with Crippen molar-refractivity contribution in [3.63, 3.8) is 0 Å². The van der Waals surface area contributed by atoms with Crippen LogP contribution < -0.4 is 10.2 Å². The average Bonchev–Trinajstić information content (AvgIpc) is 2.39. The molecule has 1 aliphatic rings. The molecule has 0 aromatic carbocycles. The van der Waals surface area contributed by atoms with Crippen LogP contribution in [0.2, 0.25) is 0 Å². The number of nitrogens with zero attached hydrogens (tertiary/aromatic N) is 2. The second-order valence-corrected chi connectivity index (χ2v) is 5.44. The lowest BCUT2D eigenvalue weighted by atomic mass is 10.2. The van der Waals surface area contributed by atoms with Crippen LogP contribution in [0.15, 0.2) is 18.5 Å². The molecule has 0 saturated carbocycles. The van der Waals surface area contributed by atoms with E-state index < -0.39 is 0 Å². The molecule has 1 aliphatic heterocycles. The molecule has 1 aromatic rings. The second-order valence-electron chi connectivity index (χ2n) is 4.03. The van der Waals surface area contributed by atoms with Crippen LogP contribution in [0.25, 0.3) is 0 Å². The summed E-state index contributed by atoms with van der Waals surface area (Å²) in [5.74, 6) is 1.22. The fourth-order valence-corrected chi connectivity index (χ4v) is 3.12. The SMILES string of the molecule is CCC1CN(c2cncc(NC)c2)CCS1. The molecule has 0 aliphatic carbocycles. The smallest absolute Gasteiger partial charge is 0.0574 e. The van der Waals surface area contributed by atoms with Crippen molar-refractivity contribution in [3.8, 4) is 0 Å². The van der Waals surface area contributed by atoms with Crippen LogP contribution in [0, 0.1) is 0 Å². The molecule has 4 heteroatoms. The number of aromatic nitrogens is 1. The van der Waals surface area contributed by atoms with Gasteiger partial charge < -0.3 is 10.2 Å². The van der Waals surface area contributed by atoms with E-state index >= 15 is 0 Å². The van der Waals surface area contributed by atoms with Gasteiger partial charge in [0.05, 0.1) is 23.8 Å². The molecular formula is C12H19N3S. The zero-order valence-corrected chi connectivity index (χ0v) is 10.8. The van der Waals surface area contributed by atoms with E-state index in [1.54, 1.807) is 0 Å². The van der Waals surface area contributed by atoms with Gasteiger partial charge in [0.2, 0.25) is 0 Å². The first-order valence-electron chi connectivity index (χ1n) is 5.83. The third-order valence-corrected chi connectivity index (χ3v) is 4.34. The minimum Gasteiger partial charge on any atom is -0.387 e. The summed E-state index contributed by atoms with van der Waals surface area (Å²) in [5, 5.41) is 3.91. The third kappa shape index (κ3) is 2.61. The number of nitrogens with one attached hydrogen (secondary N) is 1. The Balaban J connectivity index is 2.10. The molecule has 1 fully saturated rings. The first kappa shape index (κ1) is 11.6. The molecule has 2 heterocycles. The second kappa shape index (κ2) is 5.43. The lowest BCUT2D eigenvalue weighted by molar-refractivity contribution is 0.727. The van der Waals surface area contributed by atoms with Gasteiger partial charge in [0, 0.05) is 31.1 Å². The van der Waals surface area contributed by atoms with Crippen molar-refractivity contribution in [1.29, 1.82) is 0 Å². The predicted octanol–water partition coefficient (Wildman–Crippen LogP) is 2.46. The highest BCUT2D eigenvalue weighted by Gasteiger charge is 2.19. The normalized spacial score (nSPS) is 20.9.